The van der Waals surface area contributed by atoms with Crippen LogP contribution in [0, 0.1) is 0 Å². The molecule has 0 aliphatic carbocycles. The third-order valence-electron chi connectivity index (χ3n) is 2.24. The minimum absolute atomic E-state index is 0.0768. The highest BCUT2D eigenvalue weighted by atomic mass is 16.2. The first-order valence-electron chi connectivity index (χ1n) is 5.36. The van der Waals surface area contributed by atoms with E-state index in [1.54, 1.807) is 6.08 Å². The van der Waals surface area contributed by atoms with Gasteiger partial charge in [-0.2, -0.15) is 0 Å². The van der Waals surface area contributed by atoms with E-state index in [2.05, 4.69) is 27.1 Å². The second kappa shape index (κ2) is 6.84. The molecule has 90 valence electrons. The first-order valence-corrected chi connectivity index (χ1v) is 5.36. The molecule has 0 saturated carbocycles. The predicted molar refractivity (Wildman–Crippen MR) is 64.1 cm³/mol. The van der Waals surface area contributed by atoms with Crippen molar-refractivity contribution in [2.45, 2.75) is 0 Å². The van der Waals surface area contributed by atoms with E-state index in [-0.39, 0.29) is 5.91 Å². The summed E-state index contributed by atoms with van der Waals surface area (Å²) in [5, 5.41) is 5.67. The fourth-order valence-corrected chi connectivity index (χ4v) is 1.43. The first-order chi connectivity index (χ1) is 7.72. The van der Waals surface area contributed by atoms with E-state index >= 15 is 0 Å². The zero-order valence-electron chi connectivity index (χ0n) is 9.41. The van der Waals surface area contributed by atoms with Crippen molar-refractivity contribution in [2.24, 2.45) is 10.7 Å². The normalized spacial score (nSPS) is 18.0. The molecule has 16 heavy (non-hydrogen) atoms. The zero-order valence-corrected chi connectivity index (χ0v) is 9.41. The highest BCUT2D eigenvalue weighted by molar-refractivity contribution is 5.79. The number of hydrogen-bond acceptors (Lipinski definition) is 3. The lowest BCUT2D eigenvalue weighted by Crippen LogP contribution is -2.48. The van der Waals surface area contributed by atoms with Crippen LogP contribution in [0.3, 0.4) is 0 Å². The van der Waals surface area contributed by atoms with E-state index in [0.717, 1.165) is 13.1 Å². The fourth-order valence-electron chi connectivity index (χ4n) is 1.43. The van der Waals surface area contributed by atoms with Gasteiger partial charge in [0.2, 0.25) is 5.91 Å². The Morgan fingerprint density at radius 2 is 2.56 bits per heavy atom. The SMILES string of the molecule is C=CCNC(N)=NCCN1CCNC(=O)C1. The van der Waals surface area contributed by atoms with Gasteiger partial charge < -0.3 is 16.4 Å². The molecular weight excluding hydrogens is 206 g/mol. The summed E-state index contributed by atoms with van der Waals surface area (Å²) in [5.41, 5.74) is 5.60. The van der Waals surface area contributed by atoms with Gasteiger partial charge in [0.05, 0.1) is 13.1 Å². The summed E-state index contributed by atoms with van der Waals surface area (Å²) < 4.78 is 0. The monoisotopic (exact) mass is 225 g/mol. The van der Waals surface area contributed by atoms with E-state index in [0.29, 0.717) is 32.1 Å². The first kappa shape index (κ1) is 12.5. The molecule has 0 atom stereocenters. The van der Waals surface area contributed by atoms with Crippen molar-refractivity contribution in [3.05, 3.63) is 12.7 Å². The number of hydrogen-bond donors (Lipinski definition) is 3. The van der Waals surface area contributed by atoms with E-state index < -0.39 is 0 Å². The van der Waals surface area contributed by atoms with Crippen molar-refractivity contribution in [3.63, 3.8) is 0 Å². The molecule has 0 aromatic carbocycles. The molecule has 1 aliphatic rings. The lowest BCUT2D eigenvalue weighted by Gasteiger charge is -2.25. The Kier molecular flexibility index (Phi) is 5.35. The summed E-state index contributed by atoms with van der Waals surface area (Å²) >= 11 is 0. The number of guanidine groups is 1. The van der Waals surface area contributed by atoms with Crippen molar-refractivity contribution in [1.29, 1.82) is 0 Å². The molecule has 0 bridgehead atoms. The largest absolute Gasteiger partial charge is 0.370 e. The van der Waals surface area contributed by atoms with Gasteiger partial charge in [-0.3, -0.25) is 14.7 Å². The third kappa shape index (κ3) is 4.79. The van der Waals surface area contributed by atoms with Crippen molar-refractivity contribution < 1.29 is 4.79 Å². The van der Waals surface area contributed by atoms with E-state index in [1.807, 2.05) is 0 Å². The molecule has 6 heteroatoms. The molecular formula is C10H19N5O. The van der Waals surface area contributed by atoms with Crippen molar-refractivity contribution >= 4 is 11.9 Å². The Morgan fingerprint density at radius 3 is 3.25 bits per heavy atom. The van der Waals surface area contributed by atoms with Gasteiger partial charge in [0.1, 0.15) is 0 Å². The minimum Gasteiger partial charge on any atom is -0.370 e. The van der Waals surface area contributed by atoms with Crippen LogP contribution in [0.25, 0.3) is 0 Å². The number of carbonyl (C=O) groups excluding carboxylic acids is 1. The molecule has 0 aromatic rings. The number of nitrogens with two attached hydrogens (primary N) is 1. The maximum Gasteiger partial charge on any atom is 0.234 e. The fraction of sp³-hybridized carbons (Fsp3) is 0.600. The number of aliphatic imine (C=N–C) groups is 1. The van der Waals surface area contributed by atoms with Gasteiger partial charge in [-0.25, -0.2) is 0 Å². The van der Waals surface area contributed by atoms with Crippen LogP contribution < -0.4 is 16.4 Å². The van der Waals surface area contributed by atoms with Gasteiger partial charge in [-0.1, -0.05) is 6.08 Å². The second-order valence-electron chi connectivity index (χ2n) is 3.56. The number of piperazine rings is 1. The van der Waals surface area contributed by atoms with Crippen LogP contribution in [-0.4, -0.2) is 56.0 Å². The average Bonchev–Trinajstić information content (AvgIpc) is 2.26. The third-order valence-corrected chi connectivity index (χ3v) is 2.24. The number of rotatable bonds is 5. The van der Waals surface area contributed by atoms with Crippen molar-refractivity contribution in [3.8, 4) is 0 Å². The average molecular weight is 225 g/mol. The second-order valence-corrected chi connectivity index (χ2v) is 3.56. The number of nitrogens with zero attached hydrogens (tertiary/aromatic N) is 2. The Hall–Kier alpha value is -1.56. The molecule has 1 aliphatic heterocycles. The van der Waals surface area contributed by atoms with Gasteiger partial charge in [0, 0.05) is 26.2 Å². The number of carbonyl (C=O) groups is 1. The lowest BCUT2D eigenvalue weighted by molar-refractivity contribution is -0.124. The van der Waals surface area contributed by atoms with Gasteiger partial charge in [-0.05, 0) is 0 Å². The Labute approximate surface area is 95.6 Å². The zero-order chi connectivity index (χ0) is 11.8. The molecule has 1 amide bonds. The minimum atomic E-state index is 0.0768. The molecule has 1 heterocycles. The predicted octanol–water partition coefficient (Wildman–Crippen LogP) is -1.49. The molecule has 0 spiro atoms. The smallest absolute Gasteiger partial charge is 0.234 e. The van der Waals surface area contributed by atoms with Crippen LogP contribution in [0.1, 0.15) is 0 Å². The number of amides is 1. The molecule has 1 saturated heterocycles. The summed E-state index contributed by atoms with van der Waals surface area (Å²) in [5.74, 6) is 0.495. The van der Waals surface area contributed by atoms with Gasteiger partial charge >= 0.3 is 0 Å². The molecule has 0 aromatic heterocycles. The Morgan fingerprint density at radius 1 is 1.75 bits per heavy atom. The van der Waals surface area contributed by atoms with Gasteiger partial charge in [-0.15, -0.1) is 6.58 Å². The van der Waals surface area contributed by atoms with E-state index in [1.165, 1.54) is 0 Å². The molecule has 1 fully saturated rings. The van der Waals surface area contributed by atoms with Gasteiger partial charge in [0.25, 0.3) is 0 Å². The summed E-state index contributed by atoms with van der Waals surface area (Å²) in [6.45, 7) is 7.58. The molecule has 1 rings (SSSR count). The maximum atomic E-state index is 11.1. The molecule has 0 unspecified atom stereocenters. The quantitative estimate of drug-likeness (QED) is 0.302. The highest BCUT2D eigenvalue weighted by Crippen LogP contribution is 1.92. The van der Waals surface area contributed by atoms with Crippen LogP contribution in [0.15, 0.2) is 17.6 Å². The summed E-state index contributed by atoms with van der Waals surface area (Å²) in [4.78, 5) is 17.3. The maximum absolute atomic E-state index is 11.1. The Balaban J connectivity index is 2.18. The summed E-state index contributed by atoms with van der Waals surface area (Å²) in [7, 11) is 0. The van der Waals surface area contributed by atoms with Crippen molar-refractivity contribution in [2.75, 3.05) is 39.3 Å². The van der Waals surface area contributed by atoms with Crippen LogP contribution in [-0.2, 0) is 4.79 Å². The van der Waals surface area contributed by atoms with Crippen LogP contribution in [0.5, 0.6) is 0 Å². The standard InChI is InChI=1S/C10H19N5O/c1-2-3-13-10(11)14-5-7-15-6-4-12-9(16)8-15/h2H,1,3-8H2,(H,12,16)(H3,11,13,14). The van der Waals surface area contributed by atoms with Crippen LogP contribution >= 0.6 is 0 Å². The van der Waals surface area contributed by atoms with E-state index in [4.69, 9.17) is 5.73 Å². The highest BCUT2D eigenvalue weighted by Gasteiger charge is 2.14. The lowest BCUT2D eigenvalue weighted by atomic mass is 10.3. The summed E-state index contributed by atoms with van der Waals surface area (Å²) in [6, 6.07) is 0. The Bertz CT molecular complexity index is 276. The molecule has 4 N–H and O–H groups in total. The summed E-state index contributed by atoms with van der Waals surface area (Å²) in [6.07, 6.45) is 1.72. The topological polar surface area (TPSA) is 82.8 Å². The van der Waals surface area contributed by atoms with E-state index in [9.17, 15) is 4.79 Å². The van der Waals surface area contributed by atoms with Gasteiger partial charge in [0.15, 0.2) is 5.96 Å². The molecule has 0 radical (unpaired) electrons. The number of nitrogens with one attached hydrogen (secondary N) is 2. The van der Waals surface area contributed by atoms with Crippen LogP contribution in [0.2, 0.25) is 0 Å². The van der Waals surface area contributed by atoms with Crippen LogP contribution in [0.4, 0.5) is 0 Å². The molecule has 6 nitrogen and oxygen atoms in total. The van der Waals surface area contributed by atoms with Crippen molar-refractivity contribution in [1.82, 2.24) is 15.5 Å².